The summed E-state index contributed by atoms with van der Waals surface area (Å²) in [6.07, 6.45) is 3.36. The maximum absolute atomic E-state index is 9.27. The van der Waals surface area contributed by atoms with Gasteiger partial charge >= 0.3 is 0 Å². The van der Waals surface area contributed by atoms with Crippen molar-refractivity contribution in [3.8, 4) is 5.19 Å². The van der Waals surface area contributed by atoms with Crippen molar-refractivity contribution in [1.29, 1.82) is 0 Å². The van der Waals surface area contributed by atoms with Gasteiger partial charge in [0.05, 0.1) is 16.4 Å². The van der Waals surface area contributed by atoms with E-state index in [1.54, 1.807) is 12.4 Å². The molecule has 5 heteroatoms. The van der Waals surface area contributed by atoms with Gasteiger partial charge in [-0.15, -0.1) is 0 Å². The summed E-state index contributed by atoms with van der Waals surface area (Å²) in [6.45, 7) is 0. The lowest BCUT2D eigenvalue weighted by atomic mass is 10.3. The van der Waals surface area contributed by atoms with E-state index in [0.717, 1.165) is 15.7 Å². The highest BCUT2D eigenvalue weighted by Gasteiger charge is 2.07. The molecule has 0 aromatic carbocycles. The Hall–Kier alpha value is -1.75. The molecule has 0 atom stereocenters. The molecule has 0 aliphatic rings. The van der Waals surface area contributed by atoms with Crippen LogP contribution in [0.1, 0.15) is 0 Å². The predicted molar refractivity (Wildman–Crippen MR) is 54.4 cm³/mol. The van der Waals surface area contributed by atoms with Crippen LogP contribution >= 0.6 is 11.3 Å². The second kappa shape index (κ2) is 2.62. The molecule has 3 aromatic rings. The monoisotopic (exact) mass is 203 g/mol. The molecular formula is C9H5N3OS. The third-order valence-electron chi connectivity index (χ3n) is 1.97. The lowest BCUT2D eigenvalue weighted by Crippen LogP contribution is -1.81. The molecule has 0 fully saturated rings. The van der Waals surface area contributed by atoms with Crippen molar-refractivity contribution in [3.05, 3.63) is 24.5 Å². The summed E-state index contributed by atoms with van der Waals surface area (Å²) in [7, 11) is 0. The van der Waals surface area contributed by atoms with E-state index in [2.05, 4.69) is 15.0 Å². The van der Waals surface area contributed by atoms with Gasteiger partial charge in [-0.3, -0.25) is 9.97 Å². The van der Waals surface area contributed by atoms with Gasteiger partial charge < -0.3 is 5.11 Å². The number of thiazole rings is 1. The van der Waals surface area contributed by atoms with Gasteiger partial charge in [0.25, 0.3) is 5.19 Å². The quantitative estimate of drug-likeness (QED) is 0.606. The summed E-state index contributed by atoms with van der Waals surface area (Å²) in [5.74, 6) is 0. The van der Waals surface area contributed by atoms with E-state index < -0.39 is 0 Å². The highest BCUT2D eigenvalue weighted by Crippen LogP contribution is 2.30. The van der Waals surface area contributed by atoms with Crippen LogP contribution < -0.4 is 0 Å². The molecule has 1 N–H and O–H groups in total. The number of rotatable bonds is 0. The first kappa shape index (κ1) is 7.64. The molecule has 68 valence electrons. The Morgan fingerprint density at radius 1 is 1.21 bits per heavy atom. The Kier molecular flexibility index (Phi) is 1.43. The summed E-state index contributed by atoms with van der Waals surface area (Å²) in [4.78, 5) is 12.3. The standard InChI is InChI=1S/C9H5N3OS/c13-9-12-6-4-11-5-2-1-3-10-7(5)8(6)14-9/h1-4H,(H,12,13). The summed E-state index contributed by atoms with van der Waals surface area (Å²) in [5, 5.41) is 9.32. The van der Waals surface area contributed by atoms with Crippen molar-refractivity contribution in [1.82, 2.24) is 15.0 Å². The summed E-state index contributed by atoms with van der Waals surface area (Å²) in [6, 6.07) is 3.72. The van der Waals surface area contributed by atoms with E-state index in [1.807, 2.05) is 12.1 Å². The number of fused-ring (bicyclic) bond motifs is 3. The maximum Gasteiger partial charge on any atom is 0.271 e. The van der Waals surface area contributed by atoms with Crippen molar-refractivity contribution in [3.63, 3.8) is 0 Å². The summed E-state index contributed by atoms with van der Waals surface area (Å²) < 4.78 is 0.883. The number of aromatic nitrogens is 3. The van der Waals surface area contributed by atoms with Crippen LogP contribution in [0, 0.1) is 0 Å². The number of pyridine rings is 2. The molecule has 14 heavy (non-hydrogen) atoms. The third-order valence-corrected chi connectivity index (χ3v) is 2.85. The van der Waals surface area contributed by atoms with Crippen molar-refractivity contribution in [2.24, 2.45) is 0 Å². The number of hydrogen-bond acceptors (Lipinski definition) is 5. The molecule has 3 aromatic heterocycles. The topological polar surface area (TPSA) is 58.9 Å². The minimum absolute atomic E-state index is 0.0555. The number of aromatic hydroxyl groups is 1. The van der Waals surface area contributed by atoms with Crippen LogP contribution in [-0.4, -0.2) is 20.1 Å². The Morgan fingerprint density at radius 2 is 2.14 bits per heavy atom. The second-order valence-corrected chi connectivity index (χ2v) is 3.82. The average Bonchev–Trinajstić information content (AvgIpc) is 2.59. The summed E-state index contributed by atoms with van der Waals surface area (Å²) in [5.41, 5.74) is 2.31. The molecule has 0 spiro atoms. The molecule has 0 bridgehead atoms. The first-order valence-electron chi connectivity index (χ1n) is 4.04. The Labute approximate surface area is 82.9 Å². The highest BCUT2D eigenvalue weighted by atomic mass is 32.1. The minimum Gasteiger partial charge on any atom is -0.486 e. The van der Waals surface area contributed by atoms with E-state index in [9.17, 15) is 5.11 Å². The fourth-order valence-corrected chi connectivity index (χ4v) is 2.17. The van der Waals surface area contributed by atoms with Gasteiger partial charge in [-0.25, -0.2) is 4.98 Å². The van der Waals surface area contributed by atoms with Crippen molar-refractivity contribution in [2.75, 3.05) is 0 Å². The number of nitrogens with zero attached hydrogens (tertiary/aromatic N) is 3. The van der Waals surface area contributed by atoms with Gasteiger partial charge in [-0.1, -0.05) is 11.3 Å². The van der Waals surface area contributed by atoms with Crippen molar-refractivity contribution in [2.45, 2.75) is 0 Å². The fourth-order valence-electron chi connectivity index (χ4n) is 1.38. The second-order valence-electron chi connectivity index (χ2n) is 2.84. The molecule has 0 saturated carbocycles. The fraction of sp³-hybridized carbons (Fsp3) is 0. The SMILES string of the molecule is Oc1nc2cnc3cccnc3c2s1. The van der Waals surface area contributed by atoms with E-state index in [0.29, 0.717) is 5.52 Å². The third kappa shape index (κ3) is 0.958. The zero-order valence-electron chi connectivity index (χ0n) is 7.01. The van der Waals surface area contributed by atoms with Crippen LogP contribution in [0.25, 0.3) is 21.3 Å². The zero-order chi connectivity index (χ0) is 9.54. The molecule has 0 amide bonds. The lowest BCUT2D eigenvalue weighted by Gasteiger charge is -1.94. The molecule has 0 saturated heterocycles. The molecule has 4 nitrogen and oxygen atoms in total. The normalized spacial score (nSPS) is 11.1. The van der Waals surface area contributed by atoms with E-state index >= 15 is 0 Å². The summed E-state index contributed by atoms with van der Waals surface area (Å²) >= 11 is 1.22. The van der Waals surface area contributed by atoms with Gasteiger partial charge in [-0.05, 0) is 12.1 Å². The average molecular weight is 203 g/mol. The molecular weight excluding hydrogens is 198 g/mol. The lowest BCUT2D eigenvalue weighted by molar-refractivity contribution is 0.472. The molecule has 0 unspecified atom stereocenters. The van der Waals surface area contributed by atoms with E-state index in [-0.39, 0.29) is 5.19 Å². The first-order chi connectivity index (χ1) is 6.84. The molecule has 0 aliphatic heterocycles. The van der Waals surface area contributed by atoms with Crippen LogP contribution in [0.4, 0.5) is 0 Å². The van der Waals surface area contributed by atoms with Gasteiger partial charge in [0.2, 0.25) is 0 Å². The maximum atomic E-state index is 9.27. The van der Waals surface area contributed by atoms with Gasteiger partial charge in [0.1, 0.15) is 11.0 Å². The molecule has 3 heterocycles. The predicted octanol–water partition coefficient (Wildman–Crippen LogP) is 1.95. The zero-order valence-corrected chi connectivity index (χ0v) is 7.82. The first-order valence-corrected chi connectivity index (χ1v) is 4.85. The Morgan fingerprint density at radius 3 is 3.07 bits per heavy atom. The molecule has 3 rings (SSSR count). The molecule has 0 aliphatic carbocycles. The van der Waals surface area contributed by atoms with Crippen LogP contribution in [0.5, 0.6) is 5.19 Å². The van der Waals surface area contributed by atoms with Crippen molar-refractivity contribution < 1.29 is 5.11 Å². The van der Waals surface area contributed by atoms with Crippen LogP contribution in [-0.2, 0) is 0 Å². The number of hydrogen-bond donors (Lipinski definition) is 1. The highest BCUT2D eigenvalue weighted by molar-refractivity contribution is 7.21. The van der Waals surface area contributed by atoms with Gasteiger partial charge in [-0.2, -0.15) is 0 Å². The Balaban J connectivity index is 2.60. The van der Waals surface area contributed by atoms with Crippen LogP contribution in [0.15, 0.2) is 24.5 Å². The smallest absolute Gasteiger partial charge is 0.271 e. The van der Waals surface area contributed by atoms with Crippen molar-refractivity contribution >= 4 is 32.6 Å². The molecule has 0 radical (unpaired) electrons. The van der Waals surface area contributed by atoms with Gasteiger partial charge in [0, 0.05) is 6.20 Å². The minimum atomic E-state index is 0.0555. The van der Waals surface area contributed by atoms with E-state index in [1.165, 1.54) is 11.3 Å². The largest absolute Gasteiger partial charge is 0.486 e. The van der Waals surface area contributed by atoms with Gasteiger partial charge in [0.15, 0.2) is 0 Å². The van der Waals surface area contributed by atoms with Crippen LogP contribution in [0.3, 0.4) is 0 Å². The van der Waals surface area contributed by atoms with Crippen LogP contribution in [0.2, 0.25) is 0 Å². The Bertz CT molecular complexity index is 620. The van der Waals surface area contributed by atoms with E-state index in [4.69, 9.17) is 0 Å².